The number of anilines is 1. The molecule has 1 aromatic heterocycles. The summed E-state index contributed by atoms with van der Waals surface area (Å²) in [5.74, 6) is -3.70. The SMILES string of the molecule is N[C@H]1C[C@@H](n2ccc(N3CCC(O)(C(=O)NCc4cc(Cl)cc(Cl)c4F)C3=O)n2)CO[C@@H]1c1cc(F)ccc1F. The zero-order valence-electron chi connectivity index (χ0n) is 20.8. The molecule has 3 heterocycles. The predicted molar refractivity (Wildman–Crippen MR) is 139 cm³/mol. The second-order valence-corrected chi connectivity index (χ2v) is 10.6. The molecule has 0 radical (unpaired) electrons. The number of nitrogens with two attached hydrogens (primary N) is 1. The number of carbonyl (C=O) groups is 2. The first-order valence-electron chi connectivity index (χ1n) is 12.3. The fraction of sp³-hybridized carbons (Fsp3) is 0.346. The third kappa shape index (κ3) is 5.29. The van der Waals surface area contributed by atoms with Gasteiger partial charge in [-0.3, -0.25) is 19.2 Å². The van der Waals surface area contributed by atoms with Crippen LogP contribution >= 0.6 is 23.2 Å². The van der Waals surface area contributed by atoms with Crippen molar-refractivity contribution in [1.29, 1.82) is 0 Å². The Morgan fingerprint density at radius 2 is 2.00 bits per heavy atom. The number of carbonyl (C=O) groups excluding carboxylic acids is 2. The number of aliphatic hydroxyl groups is 1. The van der Waals surface area contributed by atoms with Crippen LogP contribution in [-0.2, 0) is 20.9 Å². The summed E-state index contributed by atoms with van der Waals surface area (Å²) in [7, 11) is 0. The highest BCUT2D eigenvalue weighted by atomic mass is 35.5. The smallest absolute Gasteiger partial charge is 0.270 e. The van der Waals surface area contributed by atoms with Gasteiger partial charge >= 0.3 is 0 Å². The van der Waals surface area contributed by atoms with Crippen molar-refractivity contribution in [3.63, 3.8) is 0 Å². The Labute approximate surface area is 236 Å². The van der Waals surface area contributed by atoms with Crippen molar-refractivity contribution < 1.29 is 32.6 Å². The summed E-state index contributed by atoms with van der Waals surface area (Å²) in [5.41, 5.74) is 3.88. The van der Waals surface area contributed by atoms with E-state index in [0.29, 0.717) is 6.42 Å². The van der Waals surface area contributed by atoms with Gasteiger partial charge in [0.05, 0.1) is 17.7 Å². The van der Waals surface area contributed by atoms with Gasteiger partial charge in [0.25, 0.3) is 11.8 Å². The molecule has 0 bridgehead atoms. The Morgan fingerprint density at radius 1 is 1.23 bits per heavy atom. The molecule has 1 unspecified atom stereocenters. The number of hydrogen-bond acceptors (Lipinski definition) is 6. The number of nitrogens with zero attached hydrogens (tertiary/aromatic N) is 3. The first kappa shape index (κ1) is 28.4. The molecule has 5 rings (SSSR count). The van der Waals surface area contributed by atoms with Crippen molar-refractivity contribution in [2.24, 2.45) is 5.73 Å². The summed E-state index contributed by atoms with van der Waals surface area (Å²) >= 11 is 11.7. The molecule has 2 fully saturated rings. The van der Waals surface area contributed by atoms with Gasteiger partial charge in [-0.25, -0.2) is 13.2 Å². The van der Waals surface area contributed by atoms with E-state index < -0.39 is 47.0 Å². The van der Waals surface area contributed by atoms with E-state index in [1.807, 2.05) is 0 Å². The van der Waals surface area contributed by atoms with Crippen LogP contribution in [0.1, 0.15) is 36.1 Å². The van der Waals surface area contributed by atoms with Crippen LogP contribution < -0.4 is 16.0 Å². The van der Waals surface area contributed by atoms with E-state index in [2.05, 4.69) is 10.4 Å². The zero-order valence-corrected chi connectivity index (χ0v) is 22.3. The Bertz CT molecular complexity index is 1470. The standard InChI is InChI=1S/C26H24Cl2F3N5O4/c27-14-7-13(22(31)18(28)8-14)11-33-24(37)26(39)4-6-35(25(26)38)21-3-5-36(34-21)16-10-20(32)23(40-12-16)17-9-15(29)1-2-19(17)30/h1-3,5,7-9,16,20,23,39H,4,6,10-12,32H2,(H,33,37)/t16-,20+,23-,26?/m1/s1. The molecule has 2 aliphatic heterocycles. The van der Waals surface area contributed by atoms with Crippen LogP contribution in [0.4, 0.5) is 19.0 Å². The maximum atomic E-state index is 14.2. The molecule has 9 nitrogen and oxygen atoms in total. The van der Waals surface area contributed by atoms with Crippen molar-refractivity contribution in [1.82, 2.24) is 15.1 Å². The topological polar surface area (TPSA) is 123 Å². The van der Waals surface area contributed by atoms with Crippen LogP contribution in [0.3, 0.4) is 0 Å². The molecule has 14 heteroatoms. The van der Waals surface area contributed by atoms with Gasteiger partial charge in [-0.05, 0) is 36.8 Å². The third-order valence-electron chi connectivity index (χ3n) is 7.09. The van der Waals surface area contributed by atoms with Gasteiger partial charge < -0.3 is 20.9 Å². The highest BCUT2D eigenvalue weighted by molar-refractivity contribution is 6.34. The molecule has 2 saturated heterocycles. The monoisotopic (exact) mass is 597 g/mol. The molecular weight excluding hydrogens is 574 g/mol. The minimum atomic E-state index is -2.39. The molecule has 3 aromatic rings. The van der Waals surface area contributed by atoms with Crippen molar-refractivity contribution in [3.8, 4) is 0 Å². The molecule has 212 valence electrons. The van der Waals surface area contributed by atoms with Crippen molar-refractivity contribution in [2.75, 3.05) is 18.1 Å². The van der Waals surface area contributed by atoms with E-state index >= 15 is 0 Å². The van der Waals surface area contributed by atoms with E-state index in [4.69, 9.17) is 33.7 Å². The number of hydrogen-bond donors (Lipinski definition) is 3. The minimum Gasteiger partial charge on any atom is -0.372 e. The average molecular weight is 598 g/mol. The number of aromatic nitrogens is 2. The van der Waals surface area contributed by atoms with Gasteiger partial charge in [-0.15, -0.1) is 0 Å². The molecule has 0 spiro atoms. The molecule has 4 N–H and O–H groups in total. The van der Waals surface area contributed by atoms with Gasteiger partial charge in [0.1, 0.15) is 23.6 Å². The van der Waals surface area contributed by atoms with Crippen molar-refractivity contribution >= 4 is 40.8 Å². The predicted octanol–water partition coefficient (Wildman–Crippen LogP) is 3.42. The number of amides is 2. The van der Waals surface area contributed by atoms with Crippen LogP contribution in [0, 0.1) is 17.5 Å². The lowest BCUT2D eigenvalue weighted by molar-refractivity contribution is -0.149. The van der Waals surface area contributed by atoms with E-state index in [-0.39, 0.29) is 59.1 Å². The summed E-state index contributed by atoms with van der Waals surface area (Å²) in [4.78, 5) is 27.0. The first-order valence-corrected chi connectivity index (χ1v) is 13.1. The number of nitrogens with one attached hydrogen (secondary N) is 1. The van der Waals surface area contributed by atoms with Crippen LogP contribution in [-0.4, -0.2) is 51.5 Å². The van der Waals surface area contributed by atoms with Crippen molar-refractivity contribution in [3.05, 3.63) is 81.2 Å². The molecular formula is C26H24Cl2F3N5O4. The summed E-state index contributed by atoms with van der Waals surface area (Å²) in [6, 6.07) is 6.09. The molecule has 2 aromatic carbocycles. The first-order chi connectivity index (χ1) is 19.0. The number of ether oxygens (including phenoxy) is 1. The van der Waals surface area contributed by atoms with E-state index in [1.165, 1.54) is 27.8 Å². The molecule has 0 aliphatic carbocycles. The Kier molecular flexibility index (Phi) is 7.81. The second kappa shape index (κ2) is 11.0. The van der Waals surface area contributed by atoms with Crippen LogP contribution in [0.2, 0.25) is 10.0 Å². The molecule has 2 aliphatic rings. The lowest BCUT2D eigenvalue weighted by Gasteiger charge is -2.34. The van der Waals surface area contributed by atoms with E-state index in [1.54, 1.807) is 6.20 Å². The fourth-order valence-corrected chi connectivity index (χ4v) is 5.49. The van der Waals surface area contributed by atoms with Crippen LogP contribution in [0.5, 0.6) is 0 Å². The average Bonchev–Trinajstić information content (AvgIpc) is 3.52. The van der Waals surface area contributed by atoms with Crippen LogP contribution in [0.25, 0.3) is 0 Å². The van der Waals surface area contributed by atoms with Gasteiger partial charge in [0, 0.05) is 54.0 Å². The van der Waals surface area contributed by atoms with Gasteiger partial charge in [0.2, 0.25) is 5.60 Å². The molecule has 40 heavy (non-hydrogen) atoms. The minimum absolute atomic E-state index is 0.00127. The summed E-state index contributed by atoms with van der Waals surface area (Å²) in [6.07, 6.45) is 0.857. The summed E-state index contributed by atoms with van der Waals surface area (Å²) < 4.78 is 49.4. The molecule has 0 saturated carbocycles. The van der Waals surface area contributed by atoms with Crippen molar-refractivity contribution in [2.45, 2.75) is 43.2 Å². The van der Waals surface area contributed by atoms with Gasteiger partial charge in [-0.1, -0.05) is 23.2 Å². The van der Waals surface area contributed by atoms with Gasteiger partial charge in [0.15, 0.2) is 5.82 Å². The highest BCUT2D eigenvalue weighted by Gasteiger charge is 2.52. The Balaban J connectivity index is 1.23. The number of benzene rings is 2. The van der Waals surface area contributed by atoms with Gasteiger partial charge in [-0.2, -0.15) is 5.10 Å². The maximum absolute atomic E-state index is 14.2. The zero-order chi connectivity index (χ0) is 28.8. The van der Waals surface area contributed by atoms with Crippen LogP contribution in [0.15, 0.2) is 42.6 Å². The lowest BCUT2D eigenvalue weighted by atomic mass is 9.94. The third-order valence-corrected chi connectivity index (χ3v) is 7.58. The quantitative estimate of drug-likeness (QED) is 0.295. The van der Waals surface area contributed by atoms with E-state index in [9.17, 15) is 27.9 Å². The molecule has 4 atom stereocenters. The lowest BCUT2D eigenvalue weighted by Crippen LogP contribution is -2.52. The maximum Gasteiger partial charge on any atom is 0.270 e. The Hall–Kier alpha value is -3.16. The number of halogens is 5. The normalized spacial score (nSPS) is 24.9. The second-order valence-electron chi connectivity index (χ2n) is 9.74. The summed E-state index contributed by atoms with van der Waals surface area (Å²) in [5, 5.41) is 17.6. The fourth-order valence-electron chi connectivity index (χ4n) is 4.95. The largest absolute Gasteiger partial charge is 0.372 e. The summed E-state index contributed by atoms with van der Waals surface area (Å²) in [6.45, 7) is -0.254. The Morgan fingerprint density at radius 3 is 2.75 bits per heavy atom. The van der Waals surface area contributed by atoms with E-state index in [0.717, 1.165) is 18.2 Å². The molecule has 2 amide bonds. The highest BCUT2D eigenvalue weighted by Crippen LogP contribution is 2.35. The number of rotatable bonds is 6.